The number of hydrogen-bond acceptors (Lipinski definition) is 3. The minimum atomic E-state index is 0.362. The van der Waals surface area contributed by atoms with E-state index >= 15 is 0 Å². The molecule has 1 aromatic carbocycles. The molecule has 3 heteroatoms. The number of hydrogen-bond donors (Lipinski definition) is 1. The molecular formula is C17H29NO2. The van der Waals surface area contributed by atoms with E-state index in [1.807, 2.05) is 12.1 Å². The Labute approximate surface area is 123 Å². The topological polar surface area (TPSA) is 30.5 Å². The zero-order valence-electron chi connectivity index (χ0n) is 13.3. The van der Waals surface area contributed by atoms with Gasteiger partial charge in [0.1, 0.15) is 12.4 Å². The first kappa shape index (κ1) is 17.0. The Kier molecular flexibility index (Phi) is 8.31. The van der Waals surface area contributed by atoms with Crippen molar-refractivity contribution in [2.24, 2.45) is 5.92 Å². The SMILES string of the molecule is CCNC(CCC(C)C)c1ccccc1OCCOC. The van der Waals surface area contributed by atoms with Gasteiger partial charge >= 0.3 is 0 Å². The second kappa shape index (κ2) is 9.78. The van der Waals surface area contributed by atoms with Crippen molar-refractivity contribution in [3.05, 3.63) is 29.8 Å². The zero-order valence-corrected chi connectivity index (χ0v) is 13.3. The van der Waals surface area contributed by atoms with Crippen molar-refractivity contribution in [1.29, 1.82) is 0 Å². The highest BCUT2D eigenvalue weighted by Gasteiger charge is 2.15. The van der Waals surface area contributed by atoms with Crippen LogP contribution in [0.1, 0.15) is 45.2 Å². The van der Waals surface area contributed by atoms with Crippen molar-refractivity contribution in [3.8, 4) is 5.75 Å². The third-order valence-electron chi connectivity index (χ3n) is 3.32. The van der Waals surface area contributed by atoms with Gasteiger partial charge in [-0.3, -0.25) is 0 Å². The summed E-state index contributed by atoms with van der Waals surface area (Å²) in [5, 5.41) is 3.57. The third-order valence-corrected chi connectivity index (χ3v) is 3.32. The molecule has 1 aromatic rings. The summed E-state index contributed by atoms with van der Waals surface area (Å²) in [6, 6.07) is 8.68. The smallest absolute Gasteiger partial charge is 0.124 e. The summed E-state index contributed by atoms with van der Waals surface area (Å²) in [6.07, 6.45) is 2.35. The molecule has 0 aliphatic carbocycles. The van der Waals surface area contributed by atoms with E-state index in [0.29, 0.717) is 19.3 Å². The number of benzene rings is 1. The summed E-state index contributed by atoms with van der Waals surface area (Å²) < 4.78 is 10.9. The molecular weight excluding hydrogens is 250 g/mol. The number of methoxy groups -OCH3 is 1. The molecule has 0 radical (unpaired) electrons. The molecule has 1 N–H and O–H groups in total. The Morgan fingerprint density at radius 3 is 2.50 bits per heavy atom. The van der Waals surface area contributed by atoms with E-state index in [-0.39, 0.29) is 0 Å². The van der Waals surface area contributed by atoms with Gasteiger partial charge in [0.2, 0.25) is 0 Å². The maximum atomic E-state index is 5.85. The molecule has 0 aromatic heterocycles. The number of ether oxygens (including phenoxy) is 2. The van der Waals surface area contributed by atoms with E-state index in [4.69, 9.17) is 9.47 Å². The van der Waals surface area contributed by atoms with Crippen LogP contribution in [0.2, 0.25) is 0 Å². The molecule has 0 amide bonds. The molecule has 0 aliphatic rings. The van der Waals surface area contributed by atoms with Crippen molar-refractivity contribution in [3.63, 3.8) is 0 Å². The first-order valence-electron chi connectivity index (χ1n) is 7.63. The lowest BCUT2D eigenvalue weighted by Gasteiger charge is -2.22. The van der Waals surface area contributed by atoms with Gasteiger partial charge in [-0.25, -0.2) is 0 Å². The van der Waals surface area contributed by atoms with E-state index in [1.165, 1.54) is 12.0 Å². The molecule has 0 bridgehead atoms. The summed E-state index contributed by atoms with van der Waals surface area (Å²) in [4.78, 5) is 0. The van der Waals surface area contributed by atoms with Crippen molar-refractivity contribution < 1.29 is 9.47 Å². The van der Waals surface area contributed by atoms with Crippen LogP contribution in [0, 0.1) is 5.92 Å². The molecule has 3 nitrogen and oxygen atoms in total. The maximum Gasteiger partial charge on any atom is 0.124 e. The molecule has 0 saturated carbocycles. The van der Waals surface area contributed by atoms with Crippen LogP contribution in [0.25, 0.3) is 0 Å². The largest absolute Gasteiger partial charge is 0.491 e. The Morgan fingerprint density at radius 1 is 1.10 bits per heavy atom. The standard InChI is InChI=1S/C17H29NO2/c1-5-18-16(11-10-14(2)3)15-8-6-7-9-17(15)20-13-12-19-4/h6-9,14,16,18H,5,10-13H2,1-4H3. The molecule has 1 unspecified atom stereocenters. The third kappa shape index (κ3) is 5.93. The van der Waals surface area contributed by atoms with Gasteiger partial charge in [0.15, 0.2) is 0 Å². The molecule has 1 rings (SSSR count). The minimum absolute atomic E-state index is 0.362. The van der Waals surface area contributed by atoms with Crippen LogP contribution < -0.4 is 10.1 Å². The predicted octanol–water partition coefficient (Wildman–Crippen LogP) is 3.80. The molecule has 0 spiro atoms. The van der Waals surface area contributed by atoms with Crippen LogP contribution in [0.5, 0.6) is 5.75 Å². The van der Waals surface area contributed by atoms with Gasteiger partial charge in [0.05, 0.1) is 6.61 Å². The number of nitrogens with one attached hydrogen (secondary N) is 1. The van der Waals surface area contributed by atoms with Gasteiger partial charge in [0.25, 0.3) is 0 Å². The normalized spacial score (nSPS) is 12.7. The van der Waals surface area contributed by atoms with Crippen molar-refractivity contribution in [2.75, 3.05) is 26.9 Å². The molecule has 0 aliphatic heterocycles. The lowest BCUT2D eigenvalue weighted by Crippen LogP contribution is -2.22. The molecule has 0 heterocycles. The molecule has 0 fully saturated rings. The maximum absolute atomic E-state index is 5.85. The van der Waals surface area contributed by atoms with E-state index in [0.717, 1.165) is 24.6 Å². The van der Waals surface area contributed by atoms with Crippen LogP contribution in [0.3, 0.4) is 0 Å². The van der Waals surface area contributed by atoms with Crippen LogP contribution in [0.4, 0.5) is 0 Å². The molecule has 114 valence electrons. The highest BCUT2D eigenvalue weighted by molar-refractivity contribution is 5.36. The van der Waals surface area contributed by atoms with Crippen molar-refractivity contribution in [1.82, 2.24) is 5.32 Å². The zero-order chi connectivity index (χ0) is 14.8. The van der Waals surface area contributed by atoms with E-state index in [1.54, 1.807) is 7.11 Å². The Balaban J connectivity index is 2.77. The average Bonchev–Trinajstić information content (AvgIpc) is 2.44. The van der Waals surface area contributed by atoms with Crippen molar-refractivity contribution in [2.45, 2.75) is 39.7 Å². The van der Waals surface area contributed by atoms with Crippen molar-refractivity contribution >= 4 is 0 Å². The van der Waals surface area contributed by atoms with E-state index in [9.17, 15) is 0 Å². The summed E-state index contributed by atoms with van der Waals surface area (Å²) in [5.74, 6) is 1.69. The average molecular weight is 279 g/mol. The van der Waals surface area contributed by atoms with Crippen LogP contribution in [-0.4, -0.2) is 26.9 Å². The fourth-order valence-electron chi connectivity index (χ4n) is 2.25. The lowest BCUT2D eigenvalue weighted by atomic mass is 9.97. The second-order valence-electron chi connectivity index (χ2n) is 5.46. The number of para-hydroxylation sites is 1. The lowest BCUT2D eigenvalue weighted by molar-refractivity contribution is 0.145. The van der Waals surface area contributed by atoms with Crippen LogP contribution >= 0.6 is 0 Å². The monoisotopic (exact) mass is 279 g/mol. The predicted molar refractivity (Wildman–Crippen MR) is 84.3 cm³/mol. The Bertz CT molecular complexity index is 366. The Morgan fingerprint density at radius 2 is 1.85 bits per heavy atom. The van der Waals surface area contributed by atoms with Gasteiger partial charge in [-0.15, -0.1) is 0 Å². The molecule has 1 atom stereocenters. The van der Waals surface area contributed by atoms with Gasteiger partial charge in [-0.05, 0) is 31.4 Å². The second-order valence-corrected chi connectivity index (χ2v) is 5.46. The Hall–Kier alpha value is -1.06. The van der Waals surface area contributed by atoms with E-state index in [2.05, 4.69) is 38.2 Å². The fourth-order valence-corrected chi connectivity index (χ4v) is 2.25. The number of rotatable bonds is 10. The first-order valence-corrected chi connectivity index (χ1v) is 7.63. The summed E-state index contributed by atoms with van der Waals surface area (Å²) in [5.41, 5.74) is 1.26. The molecule has 20 heavy (non-hydrogen) atoms. The summed E-state index contributed by atoms with van der Waals surface area (Å²) in [7, 11) is 1.69. The van der Waals surface area contributed by atoms with Crippen LogP contribution in [-0.2, 0) is 4.74 Å². The quantitative estimate of drug-likeness (QED) is 0.661. The fraction of sp³-hybridized carbons (Fsp3) is 0.647. The van der Waals surface area contributed by atoms with Crippen LogP contribution in [0.15, 0.2) is 24.3 Å². The molecule has 0 saturated heterocycles. The summed E-state index contributed by atoms with van der Waals surface area (Å²) >= 11 is 0. The summed E-state index contributed by atoms with van der Waals surface area (Å²) in [6.45, 7) is 8.86. The first-order chi connectivity index (χ1) is 9.69. The minimum Gasteiger partial charge on any atom is -0.491 e. The van der Waals surface area contributed by atoms with Gasteiger partial charge in [0, 0.05) is 18.7 Å². The van der Waals surface area contributed by atoms with Gasteiger partial charge in [-0.2, -0.15) is 0 Å². The van der Waals surface area contributed by atoms with Gasteiger partial charge in [-0.1, -0.05) is 39.0 Å². The van der Waals surface area contributed by atoms with E-state index < -0.39 is 0 Å². The van der Waals surface area contributed by atoms with Gasteiger partial charge < -0.3 is 14.8 Å². The highest BCUT2D eigenvalue weighted by atomic mass is 16.5. The highest BCUT2D eigenvalue weighted by Crippen LogP contribution is 2.29.